The summed E-state index contributed by atoms with van der Waals surface area (Å²) >= 11 is 0. The van der Waals surface area contributed by atoms with E-state index in [4.69, 9.17) is 0 Å². The molecule has 0 aromatic heterocycles. The van der Waals surface area contributed by atoms with Crippen molar-refractivity contribution in [3.8, 4) is 0 Å². The van der Waals surface area contributed by atoms with E-state index in [1.54, 1.807) is 6.92 Å². The number of anilines is 1. The Kier molecular flexibility index (Phi) is 4.91. The average Bonchev–Trinajstić information content (AvgIpc) is 2.76. The van der Waals surface area contributed by atoms with Crippen molar-refractivity contribution in [2.24, 2.45) is 0 Å². The average molecular weight is 358 g/mol. The summed E-state index contributed by atoms with van der Waals surface area (Å²) in [7, 11) is 0. The Bertz CT molecular complexity index is 708. The van der Waals surface area contributed by atoms with E-state index in [1.807, 2.05) is 0 Å². The van der Waals surface area contributed by atoms with Crippen LogP contribution in [-0.4, -0.2) is 34.9 Å². The van der Waals surface area contributed by atoms with Crippen LogP contribution in [0.2, 0.25) is 0 Å². The van der Waals surface area contributed by atoms with Gasteiger partial charge in [0.1, 0.15) is 5.54 Å². The molecule has 0 unspecified atom stereocenters. The number of nitrogens with one attached hydrogen (secondary N) is 3. The number of halogens is 3. The first kappa shape index (κ1) is 18.6. The Hall–Kier alpha value is -2.78. The summed E-state index contributed by atoms with van der Waals surface area (Å²) in [5.74, 6) is -1.35. The maximum absolute atomic E-state index is 12.6. The minimum atomic E-state index is -4.50. The zero-order chi connectivity index (χ0) is 18.8. The van der Waals surface area contributed by atoms with Crippen LogP contribution in [0.3, 0.4) is 0 Å². The van der Waals surface area contributed by atoms with Crippen LogP contribution >= 0.6 is 0 Å². The van der Waals surface area contributed by atoms with Gasteiger partial charge >= 0.3 is 12.2 Å². The number of hydrazine groups is 1. The third-order valence-corrected chi connectivity index (χ3v) is 3.85. The highest BCUT2D eigenvalue weighted by Crippen LogP contribution is 2.30. The Morgan fingerprint density at radius 2 is 2.00 bits per heavy atom. The fourth-order valence-corrected chi connectivity index (χ4v) is 2.18. The summed E-state index contributed by atoms with van der Waals surface area (Å²) in [6.45, 7) is 2.82. The van der Waals surface area contributed by atoms with Crippen molar-refractivity contribution in [2.75, 3.05) is 11.9 Å². The molecule has 1 aliphatic rings. The van der Waals surface area contributed by atoms with E-state index in [1.165, 1.54) is 19.1 Å². The van der Waals surface area contributed by atoms with Crippen molar-refractivity contribution in [3.63, 3.8) is 0 Å². The second kappa shape index (κ2) is 6.61. The fourth-order valence-electron chi connectivity index (χ4n) is 2.18. The van der Waals surface area contributed by atoms with Gasteiger partial charge in [0.2, 0.25) is 0 Å². The van der Waals surface area contributed by atoms with Gasteiger partial charge in [0.15, 0.2) is 0 Å². The molecule has 1 aliphatic heterocycles. The molecule has 0 aliphatic carbocycles. The first-order valence-electron chi connectivity index (χ1n) is 7.44. The topological polar surface area (TPSA) is 90.5 Å². The molecule has 10 heteroatoms. The number of carbonyl (C=O) groups excluding carboxylic acids is 3. The van der Waals surface area contributed by atoms with Crippen LogP contribution in [0.4, 0.5) is 23.7 Å². The van der Waals surface area contributed by atoms with Gasteiger partial charge in [-0.05, 0) is 31.5 Å². The lowest BCUT2D eigenvalue weighted by Crippen LogP contribution is -2.50. The maximum Gasteiger partial charge on any atom is 0.416 e. The highest BCUT2D eigenvalue weighted by molar-refractivity contribution is 6.07. The number of alkyl halides is 3. The first-order valence-corrected chi connectivity index (χ1v) is 7.44. The van der Waals surface area contributed by atoms with E-state index in [-0.39, 0.29) is 5.69 Å². The predicted molar refractivity (Wildman–Crippen MR) is 82.2 cm³/mol. The molecule has 0 radical (unpaired) electrons. The lowest BCUT2D eigenvalue weighted by molar-refractivity contribution is -0.138. The van der Waals surface area contributed by atoms with Gasteiger partial charge in [-0.25, -0.2) is 4.79 Å². The van der Waals surface area contributed by atoms with E-state index in [2.05, 4.69) is 16.1 Å². The molecule has 1 aromatic carbocycles. The minimum Gasteiger partial charge on any atom is -0.376 e. The number of amides is 4. The number of urea groups is 1. The normalized spacial score (nSPS) is 20.4. The van der Waals surface area contributed by atoms with Crippen molar-refractivity contribution >= 4 is 23.5 Å². The highest BCUT2D eigenvalue weighted by atomic mass is 19.4. The molecule has 4 amide bonds. The Morgan fingerprint density at radius 1 is 1.32 bits per heavy atom. The molecule has 1 fully saturated rings. The van der Waals surface area contributed by atoms with Crippen molar-refractivity contribution in [2.45, 2.75) is 32.0 Å². The van der Waals surface area contributed by atoms with Gasteiger partial charge in [0, 0.05) is 5.69 Å². The molecule has 0 spiro atoms. The van der Waals surface area contributed by atoms with Gasteiger partial charge in [-0.15, -0.1) is 0 Å². The molecule has 25 heavy (non-hydrogen) atoms. The minimum absolute atomic E-state index is 0.0839. The van der Waals surface area contributed by atoms with Gasteiger partial charge < -0.3 is 10.6 Å². The van der Waals surface area contributed by atoms with Gasteiger partial charge in [-0.2, -0.15) is 18.2 Å². The summed E-state index contributed by atoms with van der Waals surface area (Å²) in [6, 6.07) is 3.57. The number of hydrogen-bond acceptors (Lipinski definition) is 4. The summed E-state index contributed by atoms with van der Waals surface area (Å²) in [5.41, 5.74) is 0.261. The van der Waals surface area contributed by atoms with Gasteiger partial charge in [0.25, 0.3) is 11.8 Å². The summed E-state index contributed by atoms with van der Waals surface area (Å²) in [6.07, 6.45) is -4.16. The summed E-state index contributed by atoms with van der Waals surface area (Å²) in [4.78, 5) is 35.7. The molecular weight excluding hydrogens is 341 g/mol. The molecule has 2 rings (SSSR count). The smallest absolute Gasteiger partial charge is 0.376 e. The van der Waals surface area contributed by atoms with Gasteiger partial charge in [-0.1, -0.05) is 13.0 Å². The zero-order valence-corrected chi connectivity index (χ0v) is 13.5. The molecule has 1 saturated heterocycles. The zero-order valence-electron chi connectivity index (χ0n) is 13.5. The Morgan fingerprint density at radius 3 is 2.56 bits per heavy atom. The molecule has 3 N–H and O–H groups in total. The molecule has 136 valence electrons. The van der Waals surface area contributed by atoms with Gasteiger partial charge in [0.05, 0.1) is 12.1 Å². The highest BCUT2D eigenvalue weighted by Gasteiger charge is 2.47. The van der Waals surface area contributed by atoms with E-state index in [9.17, 15) is 27.6 Å². The van der Waals surface area contributed by atoms with E-state index >= 15 is 0 Å². The van der Waals surface area contributed by atoms with Crippen molar-refractivity contribution in [1.82, 2.24) is 15.8 Å². The number of imide groups is 1. The second-order valence-corrected chi connectivity index (χ2v) is 5.72. The summed E-state index contributed by atoms with van der Waals surface area (Å²) in [5, 5.41) is 5.54. The molecule has 1 aromatic rings. The molecule has 1 heterocycles. The predicted octanol–water partition coefficient (Wildman–Crippen LogP) is 1.87. The van der Waals surface area contributed by atoms with Crippen LogP contribution in [0.1, 0.15) is 25.8 Å². The number of benzene rings is 1. The summed E-state index contributed by atoms with van der Waals surface area (Å²) < 4.78 is 37.9. The standard InChI is InChI=1S/C15H17F3N4O3/c1-3-14(2)12(24)22(13(25)20-14)21-11(23)8-19-10-6-4-5-9(7-10)15(16,17)18/h4-7,19H,3,8H2,1-2H3,(H,20,25)(H,21,23)/t14-/m1/s1. The third-order valence-electron chi connectivity index (χ3n) is 3.85. The Labute approximate surface area is 141 Å². The van der Waals surface area contributed by atoms with Crippen LogP contribution in [-0.2, 0) is 15.8 Å². The van der Waals surface area contributed by atoms with Crippen molar-refractivity contribution in [1.29, 1.82) is 0 Å². The third kappa shape index (κ3) is 4.01. The molecule has 0 saturated carbocycles. The number of hydrogen-bond donors (Lipinski definition) is 3. The quantitative estimate of drug-likeness (QED) is 0.701. The number of nitrogens with zero attached hydrogens (tertiary/aromatic N) is 1. The van der Waals surface area contributed by atoms with Crippen LogP contribution < -0.4 is 16.1 Å². The van der Waals surface area contributed by atoms with Gasteiger partial charge in [-0.3, -0.25) is 15.0 Å². The van der Waals surface area contributed by atoms with E-state index in [0.717, 1.165) is 12.1 Å². The lowest BCUT2D eigenvalue weighted by Gasteiger charge is -2.19. The second-order valence-electron chi connectivity index (χ2n) is 5.72. The van der Waals surface area contributed by atoms with E-state index < -0.39 is 41.7 Å². The first-order chi connectivity index (χ1) is 11.6. The van der Waals surface area contributed by atoms with Crippen LogP contribution in [0, 0.1) is 0 Å². The molecule has 1 atom stereocenters. The largest absolute Gasteiger partial charge is 0.416 e. The Balaban J connectivity index is 1.96. The monoisotopic (exact) mass is 358 g/mol. The fraction of sp³-hybridized carbons (Fsp3) is 0.400. The van der Waals surface area contributed by atoms with Crippen molar-refractivity contribution in [3.05, 3.63) is 29.8 Å². The SMILES string of the molecule is CC[C@@]1(C)NC(=O)N(NC(=O)CNc2cccc(C(F)(F)F)c2)C1=O. The van der Waals surface area contributed by atoms with Crippen LogP contribution in [0.5, 0.6) is 0 Å². The van der Waals surface area contributed by atoms with Crippen molar-refractivity contribution < 1.29 is 27.6 Å². The number of carbonyl (C=O) groups is 3. The van der Waals surface area contributed by atoms with Crippen LogP contribution in [0.15, 0.2) is 24.3 Å². The maximum atomic E-state index is 12.6. The molecular formula is C15H17F3N4O3. The molecule has 7 nitrogen and oxygen atoms in total. The van der Waals surface area contributed by atoms with Crippen LogP contribution in [0.25, 0.3) is 0 Å². The lowest BCUT2D eigenvalue weighted by atomic mass is 10.00. The number of rotatable bonds is 5. The molecule has 0 bridgehead atoms. The van der Waals surface area contributed by atoms with E-state index in [0.29, 0.717) is 11.4 Å².